The van der Waals surface area contributed by atoms with Crippen LogP contribution in [0.5, 0.6) is 0 Å². The molecule has 0 unspecified atom stereocenters. The average molecular weight is 337 g/mol. The fourth-order valence-corrected chi connectivity index (χ4v) is 4.23. The fourth-order valence-electron chi connectivity index (χ4n) is 1.92. The van der Waals surface area contributed by atoms with Crippen LogP contribution in [0.15, 0.2) is 64.8 Å². The molecule has 2 atom stereocenters. The third-order valence-corrected chi connectivity index (χ3v) is 5.72. The van der Waals surface area contributed by atoms with Crippen LogP contribution in [0.1, 0.15) is 24.8 Å². The molecule has 1 aromatic rings. The summed E-state index contributed by atoms with van der Waals surface area (Å²) < 4.78 is 3.10. The molecule has 17 heavy (non-hydrogen) atoms. The molecule has 0 aliphatic carbocycles. The molecule has 90 valence electrons. The van der Waals surface area contributed by atoms with Crippen molar-refractivity contribution in [2.45, 2.75) is 23.2 Å². The summed E-state index contributed by atoms with van der Waals surface area (Å²) in [4.78, 5) is 0. The van der Waals surface area contributed by atoms with Gasteiger partial charge in [0.25, 0.3) is 0 Å². The zero-order chi connectivity index (χ0) is 12.1. The minimum absolute atomic E-state index is 0.191. The SMILES string of the molecule is C=C(C[C@@H]1C=CC=C[I-]1)[C@H](C)c1ccccc1. The van der Waals surface area contributed by atoms with Crippen molar-refractivity contribution in [3.8, 4) is 0 Å². The molecule has 0 aromatic heterocycles. The van der Waals surface area contributed by atoms with E-state index in [-0.39, 0.29) is 21.2 Å². The Morgan fingerprint density at radius 3 is 2.71 bits per heavy atom. The van der Waals surface area contributed by atoms with Crippen molar-refractivity contribution in [1.82, 2.24) is 0 Å². The number of alkyl halides is 1. The van der Waals surface area contributed by atoms with Gasteiger partial charge in [0, 0.05) is 0 Å². The monoisotopic (exact) mass is 337 g/mol. The van der Waals surface area contributed by atoms with Crippen molar-refractivity contribution in [1.29, 1.82) is 0 Å². The Kier molecular flexibility index (Phi) is 4.60. The van der Waals surface area contributed by atoms with E-state index in [1.807, 2.05) is 0 Å². The van der Waals surface area contributed by atoms with Crippen molar-refractivity contribution in [3.63, 3.8) is 0 Å². The van der Waals surface area contributed by atoms with Gasteiger partial charge in [0.2, 0.25) is 0 Å². The first-order chi connectivity index (χ1) is 8.27. The van der Waals surface area contributed by atoms with Crippen LogP contribution in [0.2, 0.25) is 0 Å². The number of halogens is 1. The number of hydrogen-bond acceptors (Lipinski definition) is 0. The van der Waals surface area contributed by atoms with E-state index in [4.69, 9.17) is 0 Å². The topological polar surface area (TPSA) is 0 Å². The molecule has 0 radical (unpaired) electrons. The van der Waals surface area contributed by atoms with E-state index in [9.17, 15) is 0 Å². The Labute approximate surface area is 114 Å². The molecule has 0 fully saturated rings. The second-order valence-corrected chi connectivity index (χ2v) is 7.38. The first-order valence-electron chi connectivity index (χ1n) is 5.95. The standard InChI is InChI=1S/C16H18I/c1-13(12-16-10-6-7-11-17-16)14(2)15-8-4-3-5-9-15/h3-11,14,16H,1,12H2,2H3/q-1/t14-,16-/m0/s1. The molecular weight excluding hydrogens is 319 g/mol. The van der Waals surface area contributed by atoms with Gasteiger partial charge >= 0.3 is 115 Å². The summed E-state index contributed by atoms with van der Waals surface area (Å²) in [6.45, 7) is 6.55. The van der Waals surface area contributed by atoms with Gasteiger partial charge in [-0.25, -0.2) is 0 Å². The zero-order valence-electron chi connectivity index (χ0n) is 10.1. The first-order valence-corrected chi connectivity index (χ1v) is 8.44. The minimum atomic E-state index is 0.191. The zero-order valence-corrected chi connectivity index (χ0v) is 12.3. The van der Waals surface area contributed by atoms with Crippen LogP contribution in [0.4, 0.5) is 0 Å². The van der Waals surface area contributed by atoms with E-state index in [1.165, 1.54) is 11.1 Å². The first kappa shape index (κ1) is 12.6. The molecule has 0 amide bonds. The van der Waals surface area contributed by atoms with Gasteiger partial charge in [-0.3, -0.25) is 0 Å². The van der Waals surface area contributed by atoms with Gasteiger partial charge in [-0.2, -0.15) is 0 Å². The van der Waals surface area contributed by atoms with Crippen LogP contribution in [-0.4, -0.2) is 3.92 Å². The molecule has 1 aliphatic rings. The summed E-state index contributed by atoms with van der Waals surface area (Å²) in [6.07, 6.45) is 7.84. The Bertz CT molecular complexity index is 428. The molecule has 0 saturated carbocycles. The van der Waals surface area contributed by atoms with E-state index < -0.39 is 0 Å². The van der Waals surface area contributed by atoms with E-state index in [2.05, 4.69) is 66.1 Å². The van der Waals surface area contributed by atoms with Gasteiger partial charge in [-0.1, -0.05) is 0 Å². The second kappa shape index (κ2) is 6.20. The van der Waals surface area contributed by atoms with Crippen LogP contribution in [0.3, 0.4) is 0 Å². The van der Waals surface area contributed by atoms with Crippen LogP contribution in [0, 0.1) is 0 Å². The van der Waals surface area contributed by atoms with Crippen LogP contribution >= 0.6 is 0 Å². The molecule has 1 heteroatoms. The summed E-state index contributed by atoms with van der Waals surface area (Å²) >= 11 is 0.191. The maximum atomic E-state index is 4.28. The third kappa shape index (κ3) is 3.56. The molecule has 2 rings (SSSR count). The summed E-state index contributed by atoms with van der Waals surface area (Å²) in [5.41, 5.74) is 2.74. The van der Waals surface area contributed by atoms with Crippen molar-refractivity contribution >= 4 is 0 Å². The van der Waals surface area contributed by atoms with Crippen LogP contribution < -0.4 is 21.2 Å². The normalized spacial score (nSPS) is 20.6. The van der Waals surface area contributed by atoms with E-state index in [0.29, 0.717) is 5.92 Å². The molecule has 0 spiro atoms. The molecule has 1 aliphatic heterocycles. The van der Waals surface area contributed by atoms with Gasteiger partial charge in [0.1, 0.15) is 0 Å². The summed E-state index contributed by atoms with van der Waals surface area (Å²) in [7, 11) is 0. The van der Waals surface area contributed by atoms with E-state index >= 15 is 0 Å². The van der Waals surface area contributed by atoms with Gasteiger partial charge in [-0.15, -0.1) is 0 Å². The fraction of sp³-hybridized carbons (Fsp3) is 0.250. The van der Waals surface area contributed by atoms with Gasteiger partial charge in [-0.05, 0) is 0 Å². The molecular formula is C16H18I-. The van der Waals surface area contributed by atoms with E-state index in [1.54, 1.807) is 0 Å². The summed E-state index contributed by atoms with van der Waals surface area (Å²) in [5, 5.41) is 0. The molecule has 0 nitrogen and oxygen atoms in total. The molecule has 0 N–H and O–H groups in total. The molecule has 1 heterocycles. The van der Waals surface area contributed by atoms with Gasteiger partial charge in [0.05, 0.1) is 0 Å². The van der Waals surface area contributed by atoms with Gasteiger partial charge < -0.3 is 0 Å². The molecule has 0 bridgehead atoms. The summed E-state index contributed by atoms with van der Waals surface area (Å²) in [6, 6.07) is 10.7. The van der Waals surface area contributed by atoms with Crippen LogP contribution in [-0.2, 0) is 0 Å². The Morgan fingerprint density at radius 1 is 1.29 bits per heavy atom. The second-order valence-electron chi connectivity index (χ2n) is 4.34. The molecule has 0 saturated heterocycles. The van der Waals surface area contributed by atoms with Crippen molar-refractivity contribution in [3.05, 3.63) is 70.4 Å². The quantitative estimate of drug-likeness (QED) is 0.441. The number of benzene rings is 1. The number of rotatable bonds is 4. The number of hydrogen-bond donors (Lipinski definition) is 0. The Hall–Kier alpha value is -0.830. The predicted octanol–water partition coefficient (Wildman–Crippen LogP) is 1.28. The van der Waals surface area contributed by atoms with Gasteiger partial charge in [0.15, 0.2) is 0 Å². The predicted molar refractivity (Wildman–Crippen MR) is 70.7 cm³/mol. The Morgan fingerprint density at radius 2 is 2.06 bits per heavy atom. The maximum absolute atomic E-state index is 4.28. The average Bonchev–Trinajstić information content (AvgIpc) is 2.40. The van der Waals surface area contributed by atoms with E-state index in [0.717, 1.165) is 10.3 Å². The van der Waals surface area contributed by atoms with Crippen LogP contribution in [0.25, 0.3) is 0 Å². The summed E-state index contributed by atoms with van der Waals surface area (Å²) in [5.74, 6) is 0.472. The third-order valence-electron chi connectivity index (χ3n) is 3.11. The number of allylic oxidation sites excluding steroid dienone is 4. The Balaban J connectivity index is 1.96. The molecule has 1 aromatic carbocycles. The van der Waals surface area contributed by atoms with Crippen molar-refractivity contribution in [2.24, 2.45) is 0 Å². The van der Waals surface area contributed by atoms with Crippen molar-refractivity contribution < 1.29 is 21.2 Å². The van der Waals surface area contributed by atoms with Crippen molar-refractivity contribution in [2.75, 3.05) is 0 Å².